The zero-order valence-electron chi connectivity index (χ0n) is 18.8. The maximum Gasteiger partial charge on any atom is 0.236 e. The number of anilines is 1. The van der Waals surface area contributed by atoms with E-state index in [-0.39, 0.29) is 11.7 Å². The number of thioether (sulfide) groups is 1. The van der Waals surface area contributed by atoms with Gasteiger partial charge in [0.05, 0.1) is 16.0 Å². The number of benzene rings is 3. The van der Waals surface area contributed by atoms with Crippen LogP contribution in [0.25, 0.3) is 21.0 Å². The first kappa shape index (κ1) is 22.4. The number of para-hydroxylation sites is 1. The van der Waals surface area contributed by atoms with Gasteiger partial charge in [-0.2, -0.15) is 0 Å². The van der Waals surface area contributed by atoms with Crippen molar-refractivity contribution in [1.29, 1.82) is 0 Å². The molecule has 2 heterocycles. The second-order valence-corrected chi connectivity index (χ2v) is 9.64. The van der Waals surface area contributed by atoms with Gasteiger partial charge in [0, 0.05) is 6.54 Å². The van der Waals surface area contributed by atoms with Gasteiger partial charge in [-0.25, -0.2) is 4.98 Å². The molecule has 7 nitrogen and oxygen atoms in total. The molecular weight excluding hydrogens is 466 g/mol. The van der Waals surface area contributed by atoms with Crippen molar-refractivity contribution in [3.63, 3.8) is 0 Å². The lowest BCUT2D eigenvalue weighted by molar-refractivity contribution is -0.113. The third-order valence-electron chi connectivity index (χ3n) is 5.49. The molecule has 5 aromatic rings. The SMILES string of the molecule is CCn1c(COc2ccc3ccccc3c2C)nnc1SCC(=O)Nc1nc2ccccc2s1. The lowest BCUT2D eigenvalue weighted by atomic mass is 10.0. The van der Waals surface area contributed by atoms with Crippen LogP contribution < -0.4 is 10.1 Å². The molecule has 1 amide bonds. The van der Waals surface area contributed by atoms with E-state index < -0.39 is 0 Å². The van der Waals surface area contributed by atoms with E-state index in [9.17, 15) is 4.79 Å². The number of rotatable bonds is 8. The van der Waals surface area contributed by atoms with Crippen molar-refractivity contribution in [3.8, 4) is 5.75 Å². The summed E-state index contributed by atoms with van der Waals surface area (Å²) < 4.78 is 9.12. The highest BCUT2D eigenvalue weighted by Gasteiger charge is 2.15. The second kappa shape index (κ2) is 9.82. The molecule has 0 saturated carbocycles. The van der Waals surface area contributed by atoms with Gasteiger partial charge >= 0.3 is 0 Å². The summed E-state index contributed by atoms with van der Waals surface area (Å²) in [6.07, 6.45) is 0. The van der Waals surface area contributed by atoms with Crippen LogP contribution in [-0.4, -0.2) is 31.4 Å². The van der Waals surface area contributed by atoms with Crippen LogP contribution in [0.15, 0.2) is 65.8 Å². The van der Waals surface area contributed by atoms with E-state index in [1.807, 2.05) is 54.0 Å². The van der Waals surface area contributed by atoms with Crippen molar-refractivity contribution in [2.75, 3.05) is 11.1 Å². The van der Waals surface area contributed by atoms with Crippen molar-refractivity contribution in [2.45, 2.75) is 32.2 Å². The summed E-state index contributed by atoms with van der Waals surface area (Å²) in [6, 6.07) is 20.1. The van der Waals surface area contributed by atoms with Crippen molar-refractivity contribution in [1.82, 2.24) is 19.7 Å². The Morgan fingerprint density at radius 3 is 2.76 bits per heavy atom. The smallest absolute Gasteiger partial charge is 0.236 e. The van der Waals surface area contributed by atoms with Gasteiger partial charge in [-0.1, -0.05) is 65.6 Å². The van der Waals surface area contributed by atoms with Gasteiger partial charge in [0.15, 0.2) is 16.1 Å². The summed E-state index contributed by atoms with van der Waals surface area (Å²) in [5.74, 6) is 1.65. The van der Waals surface area contributed by atoms with Gasteiger partial charge in [-0.3, -0.25) is 4.79 Å². The van der Waals surface area contributed by atoms with Gasteiger partial charge in [-0.05, 0) is 48.4 Å². The number of thiazole rings is 1. The molecule has 0 bridgehead atoms. The lowest BCUT2D eigenvalue weighted by Gasteiger charge is -2.12. The van der Waals surface area contributed by atoms with Crippen molar-refractivity contribution >= 4 is 55.1 Å². The van der Waals surface area contributed by atoms with Crippen LogP contribution in [0, 0.1) is 6.92 Å². The Kier molecular flexibility index (Phi) is 6.46. The van der Waals surface area contributed by atoms with Crippen molar-refractivity contribution in [3.05, 3.63) is 72.1 Å². The number of carbonyl (C=O) groups is 1. The Bertz CT molecular complexity index is 1440. The minimum atomic E-state index is -0.126. The number of carbonyl (C=O) groups excluding carboxylic acids is 1. The molecule has 1 N–H and O–H groups in total. The Hall–Kier alpha value is -3.43. The summed E-state index contributed by atoms with van der Waals surface area (Å²) in [6.45, 7) is 5.08. The fourth-order valence-corrected chi connectivity index (χ4v) is 5.47. The Morgan fingerprint density at radius 2 is 1.91 bits per heavy atom. The molecule has 0 aliphatic rings. The van der Waals surface area contributed by atoms with E-state index in [0.29, 0.717) is 23.4 Å². The van der Waals surface area contributed by atoms with Crippen molar-refractivity contribution in [2.24, 2.45) is 0 Å². The first-order valence-electron chi connectivity index (χ1n) is 10.9. The molecule has 0 spiro atoms. The standard InChI is InChI=1S/C25H23N5O2S2/c1-3-30-22(14-32-20-13-12-17-8-4-5-9-18(17)16(20)2)28-29-25(30)33-15-23(31)27-24-26-19-10-6-7-11-21(19)34-24/h4-13H,3,14-15H2,1-2H3,(H,26,27,31). The first-order valence-corrected chi connectivity index (χ1v) is 12.7. The zero-order chi connectivity index (χ0) is 23.5. The van der Waals surface area contributed by atoms with Gasteiger partial charge in [0.1, 0.15) is 12.4 Å². The molecule has 0 unspecified atom stereocenters. The molecule has 2 aromatic heterocycles. The van der Waals surface area contributed by atoms with E-state index in [1.54, 1.807) is 0 Å². The lowest BCUT2D eigenvalue weighted by Crippen LogP contribution is -2.14. The molecule has 34 heavy (non-hydrogen) atoms. The van der Waals surface area contributed by atoms with E-state index in [4.69, 9.17) is 4.74 Å². The maximum atomic E-state index is 12.5. The first-order chi connectivity index (χ1) is 16.6. The maximum absolute atomic E-state index is 12.5. The van der Waals surface area contributed by atoms with Gasteiger partial charge in [-0.15, -0.1) is 10.2 Å². The molecule has 0 fully saturated rings. The highest BCUT2D eigenvalue weighted by atomic mass is 32.2. The minimum absolute atomic E-state index is 0.126. The highest BCUT2D eigenvalue weighted by Crippen LogP contribution is 2.28. The van der Waals surface area contributed by atoms with Crippen LogP contribution in [0.2, 0.25) is 0 Å². The Labute approximate surface area is 205 Å². The molecule has 0 saturated heterocycles. The number of nitrogens with one attached hydrogen (secondary N) is 1. The number of fused-ring (bicyclic) bond motifs is 2. The number of nitrogens with zero attached hydrogens (tertiary/aromatic N) is 4. The van der Waals surface area contributed by atoms with Crippen molar-refractivity contribution < 1.29 is 9.53 Å². The zero-order valence-corrected chi connectivity index (χ0v) is 20.4. The minimum Gasteiger partial charge on any atom is -0.485 e. The molecule has 0 aliphatic heterocycles. The molecule has 5 rings (SSSR count). The van der Waals surface area contributed by atoms with Crippen LogP contribution in [-0.2, 0) is 17.9 Å². The summed E-state index contributed by atoms with van der Waals surface area (Å²) in [5.41, 5.74) is 1.98. The molecule has 0 radical (unpaired) electrons. The average molecular weight is 490 g/mol. The van der Waals surface area contributed by atoms with Crippen LogP contribution in [0.1, 0.15) is 18.3 Å². The largest absolute Gasteiger partial charge is 0.485 e. The van der Waals surface area contributed by atoms with Gasteiger partial charge < -0.3 is 14.6 Å². The Morgan fingerprint density at radius 1 is 1.09 bits per heavy atom. The number of amides is 1. The normalized spacial score (nSPS) is 11.2. The predicted molar refractivity (Wildman–Crippen MR) is 138 cm³/mol. The third-order valence-corrected chi connectivity index (χ3v) is 7.41. The number of hydrogen-bond acceptors (Lipinski definition) is 7. The second-order valence-electron chi connectivity index (χ2n) is 7.67. The molecule has 3 aromatic carbocycles. The number of hydrogen-bond donors (Lipinski definition) is 1. The van der Waals surface area contributed by atoms with Crippen LogP contribution in [0.3, 0.4) is 0 Å². The average Bonchev–Trinajstić information content (AvgIpc) is 3.45. The molecular formula is C25H23N5O2S2. The molecule has 0 atom stereocenters. The molecule has 0 aliphatic carbocycles. The van der Waals surface area contributed by atoms with E-state index in [2.05, 4.69) is 45.6 Å². The van der Waals surface area contributed by atoms with E-state index in [0.717, 1.165) is 27.4 Å². The predicted octanol–water partition coefficient (Wildman–Crippen LogP) is 5.68. The monoisotopic (exact) mass is 489 g/mol. The number of aromatic nitrogens is 4. The molecule has 172 valence electrons. The number of aryl methyl sites for hydroxylation is 1. The van der Waals surface area contributed by atoms with Crippen LogP contribution in [0.4, 0.5) is 5.13 Å². The fourth-order valence-electron chi connectivity index (χ4n) is 3.77. The Balaban J connectivity index is 1.22. The molecule has 9 heteroatoms. The van der Waals surface area contributed by atoms with Gasteiger partial charge in [0.25, 0.3) is 0 Å². The summed E-state index contributed by atoms with van der Waals surface area (Å²) in [7, 11) is 0. The van der Waals surface area contributed by atoms with E-state index in [1.165, 1.54) is 33.9 Å². The topological polar surface area (TPSA) is 81.9 Å². The fraction of sp³-hybridized carbons (Fsp3) is 0.200. The highest BCUT2D eigenvalue weighted by molar-refractivity contribution is 7.99. The van der Waals surface area contributed by atoms with Crippen LogP contribution >= 0.6 is 23.1 Å². The quantitative estimate of drug-likeness (QED) is 0.283. The summed E-state index contributed by atoms with van der Waals surface area (Å²) >= 11 is 2.82. The van der Waals surface area contributed by atoms with E-state index >= 15 is 0 Å². The summed E-state index contributed by atoms with van der Waals surface area (Å²) in [5, 5.41) is 15.1. The third kappa shape index (κ3) is 4.62. The number of ether oxygens (including phenoxy) is 1. The summed E-state index contributed by atoms with van der Waals surface area (Å²) in [4.78, 5) is 16.9. The van der Waals surface area contributed by atoms with Crippen LogP contribution in [0.5, 0.6) is 5.75 Å². The van der Waals surface area contributed by atoms with Gasteiger partial charge in [0.2, 0.25) is 5.91 Å².